The molecular weight excluding hydrogens is 287 g/mol. The van der Waals surface area contributed by atoms with Gasteiger partial charge in [0.25, 0.3) is 5.91 Å². The van der Waals surface area contributed by atoms with Crippen LogP contribution in [0.15, 0.2) is 24.3 Å². The average Bonchev–Trinajstić information content (AvgIpc) is 2.74. The Hall–Kier alpha value is -1.56. The molecule has 0 aliphatic heterocycles. The third kappa shape index (κ3) is 3.07. The molecule has 100 valence electrons. The zero-order valence-corrected chi connectivity index (χ0v) is 11.7. The number of amides is 1. The smallest absolute Gasteiger partial charge is 0.283 e. The van der Waals surface area contributed by atoms with Gasteiger partial charge < -0.3 is 0 Å². The van der Waals surface area contributed by atoms with E-state index in [0.717, 1.165) is 11.3 Å². The van der Waals surface area contributed by atoms with Crippen LogP contribution in [0.4, 0.5) is 0 Å². The third-order valence-corrected chi connectivity index (χ3v) is 3.20. The van der Waals surface area contributed by atoms with Crippen molar-refractivity contribution in [3.8, 4) is 0 Å². The molecule has 0 atom stereocenters. The highest BCUT2D eigenvalue weighted by Gasteiger charge is 2.14. The van der Waals surface area contributed by atoms with Crippen molar-refractivity contribution in [3.05, 3.63) is 51.3 Å². The van der Waals surface area contributed by atoms with Gasteiger partial charge in [0.15, 0.2) is 0 Å². The van der Waals surface area contributed by atoms with Crippen LogP contribution < -0.4 is 11.3 Å². The highest BCUT2D eigenvalue weighted by molar-refractivity contribution is 6.33. The number of rotatable bonds is 3. The lowest BCUT2D eigenvalue weighted by atomic mass is 10.2. The van der Waals surface area contributed by atoms with Crippen molar-refractivity contribution >= 4 is 29.1 Å². The molecule has 5 nitrogen and oxygen atoms in total. The van der Waals surface area contributed by atoms with E-state index in [1.165, 1.54) is 4.68 Å². The van der Waals surface area contributed by atoms with Crippen molar-refractivity contribution in [2.75, 3.05) is 0 Å². The predicted molar refractivity (Wildman–Crippen MR) is 74.2 cm³/mol. The summed E-state index contributed by atoms with van der Waals surface area (Å²) in [5, 5.41) is 5.39. The van der Waals surface area contributed by atoms with Crippen molar-refractivity contribution in [3.63, 3.8) is 0 Å². The lowest BCUT2D eigenvalue weighted by Crippen LogP contribution is -2.32. The molecule has 0 unspecified atom stereocenters. The Morgan fingerprint density at radius 1 is 1.42 bits per heavy atom. The van der Waals surface area contributed by atoms with Gasteiger partial charge in [-0.3, -0.25) is 14.9 Å². The summed E-state index contributed by atoms with van der Waals surface area (Å²) in [4.78, 5) is 11.6. The van der Waals surface area contributed by atoms with E-state index in [1.807, 2.05) is 0 Å². The number of nitrogens with two attached hydrogens (primary N) is 1. The molecule has 0 bridgehead atoms. The fourth-order valence-corrected chi connectivity index (χ4v) is 2.12. The topological polar surface area (TPSA) is 72.9 Å². The summed E-state index contributed by atoms with van der Waals surface area (Å²) in [6, 6.07) is 6.80. The van der Waals surface area contributed by atoms with Crippen LogP contribution in [0.2, 0.25) is 10.0 Å². The van der Waals surface area contributed by atoms with Crippen molar-refractivity contribution in [2.24, 2.45) is 5.84 Å². The molecule has 7 heteroatoms. The largest absolute Gasteiger partial charge is 0.289 e. The van der Waals surface area contributed by atoms with Gasteiger partial charge in [0.1, 0.15) is 5.69 Å². The number of nitrogens with zero attached hydrogens (tertiary/aromatic N) is 2. The predicted octanol–water partition coefficient (Wildman–Crippen LogP) is 2.15. The zero-order chi connectivity index (χ0) is 14.0. The van der Waals surface area contributed by atoms with Gasteiger partial charge >= 0.3 is 0 Å². The molecule has 0 aliphatic carbocycles. The Bertz CT molecular complexity index is 624. The van der Waals surface area contributed by atoms with Crippen LogP contribution in [0.5, 0.6) is 0 Å². The number of aromatic nitrogens is 2. The number of halogens is 2. The van der Waals surface area contributed by atoms with Gasteiger partial charge in [0.2, 0.25) is 0 Å². The molecule has 0 saturated heterocycles. The van der Waals surface area contributed by atoms with E-state index in [2.05, 4.69) is 10.5 Å². The number of hydrogen-bond donors (Lipinski definition) is 2. The van der Waals surface area contributed by atoms with Gasteiger partial charge in [-0.1, -0.05) is 23.2 Å². The Kier molecular flexibility index (Phi) is 4.09. The highest BCUT2D eigenvalue weighted by Crippen LogP contribution is 2.22. The molecule has 0 saturated carbocycles. The van der Waals surface area contributed by atoms with E-state index in [-0.39, 0.29) is 0 Å². The molecule has 2 rings (SSSR count). The molecule has 1 aromatic heterocycles. The van der Waals surface area contributed by atoms with Gasteiger partial charge in [0.05, 0.1) is 12.2 Å². The van der Waals surface area contributed by atoms with Crippen LogP contribution in [0.3, 0.4) is 0 Å². The van der Waals surface area contributed by atoms with Crippen LogP contribution in [0.25, 0.3) is 0 Å². The zero-order valence-electron chi connectivity index (χ0n) is 10.2. The fourth-order valence-electron chi connectivity index (χ4n) is 1.75. The standard InChI is InChI=1S/C12H12Cl2N4O/c1-7-4-11(12(19)16-15)18(17-7)6-8-5-9(13)2-3-10(8)14/h2-5H,6,15H2,1H3,(H,16,19). The van der Waals surface area contributed by atoms with Crippen LogP contribution in [0.1, 0.15) is 21.7 Å². The number of benzene rings is 1. The maximum atomic E-state index is 11.6. The number of hydrazine groups is 1. The first kappa shape index (κ1) is 13.9. The fraction of sp³-hybridized carbons (Fsp3) is 0.167. The van der Waals surface area contributed by atoms with Gasteiger partial charge in [-0.25, -0.2) is 5.84 Å². The molecule has 3 N–H and O–H groups in total. The van der Waals surface area contributed by atoms with Gasteiger partial charge in [-0.2, -0.15) is 5.10 Å². The number of carbonyl (C=O) groups excluding carboxylic acids is 1. The Morgan fingerprint density at radius 3 is 2.84 bits per heavy atom. The summed E-state index contributed by atoms with van der Waals surface area (Å²) in [6.07, 6.45) is 0. The minimum Gasteiger partial charge on any atom is -0.289 e. The van der Waals surface area contributed by atoms with E-state index in [1.54, 1.807) is 31.2 Å². The summed E-state index contributed by atoms with van der Waals surface area (Å²) < 4.78 is 1.54. The molecule has 0 fully saturated rings. The number of nitrogen functional groups attached to an aromatic ring is 1. The maximum absolute atomic E-state index is 11.6. The molecule has 1 aromatic carbocycles. The molecule has 1 amide bonds. The van der Waals surface area contributed by atoms with Crippen LogP contribution in [-0.4, -0.2) is 15.7 Å². The van der Waals surface area contributed by atoms with E-state index < -0.39 is 5.91 Å². The van der Waals surface area contributed by atoms with Crippen molar-refractivity contribution in [2.45, 2.75) is 13.5 Å². The van der Waals surface area contributed by atoms with Gasteiger partial charge in [0, 0.05) is 10.0 Å². The van der Waals surface area contributed by atoms with Crippen molar-refractivity contribution < 1.29 is 4.79 Å². The molecule has 19 heavy (non-hydrogen) atoms. The summed E-state index contributed by atoms with van der Waals surface area (Å²) in [6.45, 7) is 2.14. The summed E-state index contributed by atoms with van der Waals surface area (Å²) in [5.41, 5.74) is 3.96. The SMILES string of the molecule is Cc1cc(C(=O)NN)n(Cc2cc(Cl)ccc2Cl)n1. The van der Waals surface area contributed by atoms with Crippen LogP contribution in [0, 0.1) is 6.92 Å². The minimum absolute atomic E-state index is 0.343. The molecule has 0 aliphatic rings. The Morgan fingerprint density at radius 2 is 2.16 bits per heavy atom. The molecule has 1 heterocycles. The lowest BCUT2D eigenvalue weighted by molar-refractivity contribution is 0.0943. The van der Waals surface area contributed by atoms with E-state index in [0.29, 0.717) is 22.3 Å². The number of nitrogens with one attached hydrogen (secondary N) is 1. The summed E-state index contributed by atoms with van der Waals surface area (Å²) in [7, 11) is 0. The second-order valence-corrected chi connectivity index (χ2v) is 4.88. The number of carbonyl (C=O) groups is 1. The minimum atomic E-state index is -0.404. The second-order valence-electron chi connectivity index (χ2n) is 4.04. The monoisotopic (exact) mass is 298 g/mol. The normalized spacial score (nSPS) is 10.5. The van der Waals surface area contributed by atoms with Gasteiger partial charge in [-0.05, 0) is 36.8 Å². The number of hydrogen-bond acceptors (Lipinski definition) is 3. The Labute approximate surface area is 120 Å². The third-order valence-electron chi connectivity index (χ3n) is 2.59. The number of aryl methyl sites for hydroxylation is 1. The summed E-state index contributed by atoms with van der Waals surface area (Å²) >= 11 is 12.0. The average molecular weight is 299 g/mol. The first-order valence-corrected chi connectivity index (χ1v) is 6.26. The lowest BCUT2D eigenvalue weighted by Gasteiger charge is -2.08. The van der Waals surface area contributed by atoms with Crippen molar-refractivity contribution in [1.82, 2.24) is 15.2 Å². The summed E-state index contributed by atoms with van der Waals surface area (Å²) in [5.74, 6) is 4.74. The van der Waals surface area contributed by atoms with E-state index in [4.69, 9.17) is 29.0 Å². The first-order chi connectivity index (χ1) is 9.01. The molecule has 2 aromatic rings. The van der Waals surface area contributed by atoms with Crippen molar-refractivity contribution in [1.29, 1.82) is 0 Å². The Balaban J connectivity index is 2.38. The maximum Gasteiger partial charge on any atom is 0.283 e. The van der Waals surface area contributed by atoms with Crippen LogP contribution in [-0.2, 0) is 6.54 Å². The highest BCUT2D eigenvalue weighted by atomic mass is 35.5. The second kappa shape index (κ2) is 5.61. The first-order valence-electron chi connectivity index (χ1n) is 5.50. The molecule has 0 spiro atoms. The van der Waals surface area contributed by atoms with E-state index >= 15 is 0 Å². The quantitative estimate of drug-likeness (QED) is 0.518. The molecule has 0 radical (unpaired) electrons. The van der Waals surface area contributed by atoms with E-state index in [9.17, 15) is 4.79 Å². The van der Waals surface area contributed by atoms with Gasteiger partial charge in [-0.15, -0.1) is 0 Å². The molecular formula is C12H12Cl2N4O. The van der Waals surface area contributed by atoms with Crippen LogP contribution >= 0.6 is 23.2 Å².